The van der Waals surface area contributed by atoms with Crippen molar-refractivity contribution in [2.75, 3.05) is 6.61 Å². The fraction of sp³-hybridized carbons (Fsp3) is 0.769. The van der Waals surface area contributed by atoms with E-state index >= 15 is 0 Å². The summed E-state index contributed by atoms with van der Waals surface area (Å²) in [4.78, 5) is 24.0. The number of allylic oxidation sites excluding steroid dienone is 2. The van der Waals surface area contributed by atoms with Crippen LogP contribution in [0.5, 0.6) is 0 Å². The third kappa shape index (κ3) is 3.17. The van der Waals surface area contributed by atoms with Crippen LogP contribution in [0, 0.1) is 28.6 Å². The molecule has 3 saturated carbocycles. The van der Waals surface area contributed by atoms with Gasteiger partial charge in [0, 0.05) is 30.6 Å². The Labute approximate surface area is 180 Å². The second-order valence-electron chi connectivity index (χ2n) is 10.8. The van der Waals surface area contributed by atoms with Crippen LogP contribution in [0.4, 0.5) is 0 Å². The maximum atomic E-state index is 12.3. The van der Waals surface area contributed by atoms with Crippen LogP contribution in [0.3, 0.4) is 0 Å². The smallest absolute Gasteiger partial charge is 0.302 e. The van der Waals surface area contributed by atoms with Gasteiger partial charge in [0.15, 0.2) is 5.78 Å². The van der Waals surface area contributed by atoms with Crippen molar-refractivity contribution in [1.82, 2.24) is 0 Å². The molecule has 0 heterocycles. The Balaban J connectivity index is 1.43. The number of carbonyl (C=O) groups excluding carboxylic acids is 2. The number of ether oxygens (including phenoxy) is 2. The van der Waals surface area contributed by atoms with Crippen molar-refractivity contribution in [1.29, 1.82) is 0 Å². The number of esters is 1. The van der Waals surface area contributed by atoms with Gasteiger partial charge in [-0.15, -0.1) is 0 Å². The highest BCUT2D eigenvalue weighted by atomic mass is 16.5. The Kier molecular flexibility index (Phi) is 5.10. The molecule has 164 valence electrons. The average Bonchev–Trinajstić information content (AvgIpc) is 3.34. The van der Waals surface area contributed by atoms with Crippen LogP contribution in [0.1, 0.15) is 84.5 Å². The molecule has 5 aliphatic carbocycles. The molecule has 0 amide bonds. The van der Waals surface area contributed by atoms with Crippen molar-refractivity contribution in [3.63, 3.8) is 0 Å². The van der Waals surface area contributed by atoms with E-state index in [1.165, 1.54) is 24.2 Å². The third-order valence-electron chi connectivity index (χ3n) is 9.42. The third-order valence-corrected chi connectivity index (χ3v) is 9.42. The van der Waals surface area contributed by atoms with Crippen LogP contribution in [0.2, 0.25) is 0 Å². The van der Waals surface area contributed by atoms with Gasteiger partial charge >= 0.3 is 5.97 Å². The number of hydrogen-bond donors (Lipinski definition) is 0. The van der Waals surface area contributed by atoms with E-state index < -0.39 is 0 Å². The van der Waals surface area contributed by atoms with Gasteiger partial charge in [-0.2, -0.15) is 0 Å². The molecule has 0 aliphatic heterocycles. The second kappa shape index (κ2) is 7.53. The van der Waals surface area contributed by atoms with E-state index in [2.05, 4.69) is 13.0 Å². The quantitative estimate of drug-likeness (QED) is 0.571. The molecule has 5 rings (SSSR count). The summed E-state index contributed by atoms with van der Waals surface area (Å²) in [5, 5.41) is 0. The van der Waals surface area contributed by atoms with Gasteiger partial charge in [0.1, 0.15) is 6.10 Å². The zero-order valence-electron chi connectivity index (χ0n) is 18.6. The maximum absolute atomic E-state index is 12.3. The second-order valence-corrected chi connectivity index (χ2v) is 10.8. The standard InChI is InChI=1S/C26H36O4/c1-17(27)30-24-10-9-22-21-8-7-18-15-19(28)11-14-26(18,16-29-20-5-3-4-6-20)23(21)12-13-25(22,24)2/h5,15,21-24H,3-4,6-14,16H2,1-2H3/t21-,22-,23+,24?,25-,26+/m0/s1. The number of fused-ring (bicyclic) bond motifs is 5. The first-order valence-corrected chi connectivity index (χ1v) is 12.2. The Bertz CT molecular complexity index is 795. The highest BCUT2D eigenvalue weighted by Gasteiger charge is 2.61. The molecule has 0 N–H and O–H groups in total. The van der Waals surface area contributed by atoms with Crippen molar-refractivity contribution in [3.05, 3.63) is 23.5 Å². The summed E-state index contributed by atoms with van der Waals surface area (Å²) in [6.07, 6.45) is 15.9. The van der Waals surface area contributed by atoms with E-state index in [0.717, 1.165) is 58.0 Å². The monoisotopic (exact) mass is 412 g/mol. The van der Waals surface area contributed by atoms with Gasteiger partial charge in [-0.3, -0.25) is 9.59 Å². The van der Waals surface area contributed by atoms with E-state index in [4.69, 9.17) is 9.47 Å². The molecule has 5 aliphatic rings. The normalized spacial score (nSPS) is 42.5. The van der Waals surface area contributed by atoms with E-state index in [-0.39, 0.29) is 22.9 Å². The maximum Gasteiger partial charge on any atom is 0.302 e. The molecule has 0 aromatic carbocycles. The molecular weight excluding hydrogens is 376 g/mol. The van der Waals surface area contributed by atoms with Crippen molar-refractivity contribution in [3.8, 4) is 0 Å². The molecule has 1 unspecified atom stereocenters. The Hall–Kier alpha value is -1.58. The molecule has 0 radical (unpaired) electrons. The molecule has 3 fully saturated rings. The number of rotatable bonds is 4. The minimum atomic E-state index is -0.140. The topological polar surface area (TPSA) is 52.6 Å². The molecule has 0 aromatic rings. The van der Waals surface area contributed by atoms with Crippen LogP contribution in [0.25, 0.3) is 0 Å². The molecule has 4 nitrogen and oxygen atoms in total. The lowest BCUT2D eigenvalue weighted by Gasteiger charge is -2.58. The van der Waals surface area contributed by atoms with Crippen molar-refractivity contribution < 1.29 is 19.1 Å². The lowest BCUT2D eigenvalue weighted by atomic mass is 9.47. The molecule has 0 bridgehead atoms. The first-order chi connectivity index (χ1) is 14.4. The summed E-state index contributed by atoms with van der Waals surface area (Å²) in [7, 11) is 0. The van der Waals surface area contributed by atoms with Crippen LogP contribution >= 0.6 is 0 Å². The summed E-state index contributed by atoms with van der Waals surface area (Å²) >= 11 is 0. The molecule has 6 atom stereocenters. The van der Waals surface area contributed by atoms with Crippen LogP contribution in [0.15, 0.2) is 23.5 Å². The van der Waals surface area contributed by atoms with Gasteiger partial charge < -0.3 is 9.47 Å². The first-order valence-electron chi connectivity index (χ1n) is 12.2. The zero-order valence-corrected chi connectivity index (χ0v) is 18.6. The Morgan fingerprint density at radius 2 is 1.97 bits per heavy atom. The lowest BCUT2D eigenvalue weighted by Crippen LogP contribution is -2.54. The van der Waals surface area contributed by atoms with Gasteiger partial charge in [0.05, 0.1) is 12.4 Å². The first kappa shape index (κ1) is 20.3. The summed E-state index contributed by atoms with van der Waals surface area (Å²) in [5.74, 6) is 3.17. The van der Waals surface area contributed by atoms with Gasteiger partial charge in [-0.1, -0.05) is 12.5 Å². The predicted molar refractivity (Wildman–Crippen MR) is 114 cm³/mol. The largest absolute Gasteiger partial charge is 0.497 e. The lowest BCUT2D eigenvalue weighted by molar-refractivity contribution is -0.158. The van der Waals surface area contributed by atoms with Crippen molar-refractivity contribution >= 4 is 11.8 Å². The minimum absolute atomic E-state index is 0.0289. The minimum Gasteiger partial charge on any atom is -0.497 e. The summed E-state index contributed by atoms with van der Waals surface area (Å²) < 4.78 is 12.2. The number of ketones is 1. The molecule has 0 aromatic heterocycles. The van der Waals surface area contributed by atoms with Gasteiger partial charge in [0.25, 0.3) is 0 Å². The fourth-order valence-corrected chi connectivity index (χ4v) is 7.97. The molecular formula is C26H36O4. The van der Waals surface area contributed by atoms with Crippen molar-refractivity contribution in [2.45, 2.75) is 90.6 Å². The van der Waals surface area contributed by atoms with Gasteiger partial charge in [0.2, 0.25) is 0 Å². The summed E-state index contributed by atoms with van der Waals surface area (Å²) in [5.41, 5.74) is 1.51. The Morgan fingerprint density at radius 3 is 2.73 bits per heavy atom. The SMILES string of the molecule is CC(=O)OC1CC[C@H]2[C@@H]3CCC4=CC(=O)CC[C@]4(COC4=CCCC4)[C@@H]3CC[C@]12C. The molecule has 30 heavy (non-hydrogen) atoms. The fourth-order valence-electron chi connectivity index (χ4n) is 7.97. The van der Waals surface area contributed by atoms with Crippen LogP contribution in [-0.2, 0) is 19.1 Å². The Morgan fingerprint density at radius 1 is 1.10 bits per heavy atom. The average molecular weight is 413 g/mol. The summed E-state index contributed by atoms with van der Waals surface area (Å²) in [6.45, 7) is 4.66. The van der Waals surface area contributed by atoms with E-state index in [1.54, 1.807) is 6.92 Å². The number of hydrogen-bond acceptors (Lipinski definition) is 4. The van der Waals surface area contributed by atoms with Gasteiger partial charge in [-0.25, -0.2) is 0 Å². The highest BCUT2D eigenvalue weighted by Crippen LogP contribution is 2.65. The van der Waals surface area contributed by atoms with Crippen LogP contribution < -0.4 is 0 Å². The highest BCUT2D eigenvalue weighted by molar-refractivity contribution is 5.91. The van der Waals surface area contributed by atoms with Gasteiger partial charge in [-0.05, 0) is 87.7 Å². The van der Waals surface area contributed by atoms with E-state index in [1.807, 2.05) is 6.08 Å². The van der Waals surface area contributed by atoms with E-state index in [0.29, 0.717) is 30.0 Å². The molecule has 0 saturated heterocycles. The van der Waals surface area contributed by atoms with E-state index in [9.17, 15) is 9.59 Å². The van der Waals surface area contributed by atoms with Crippen molar-refractivity contribution in [2.24, 2.45) is 28.6 Å². The summed E-state index contributed by atoms with van der Waals surface area (Å²) in [6, 6.07) is 0. The predicted octanol–water partition coefficient (Wildman–Crippen LogP) is 5.51. The molecule has 0 spiro atoms. The van der Waals surface area contributed by atoms with Crippen LogP contribution in [-0.4, -0.2) is 24.5 Å². The zero-order chi connectivity index (χ0) is 20.9. The molecule has 4 heteroatoms. The number of carbonyl (C=O) groups is 2.